The Morgan fingerprint density at radius 1 is 1.36 bits per heavy atom. The molecule has 1 saturated carbocycles. The van der Waals surface area contributed by atoms with Gasteiger partial charge in [0.25, 0.3) is 0 Å². The molecule has 1 saturated heterocycles. The minimum Gasteiger partial charge on any atom is -0.494 e. The number of hydrogen-bond donors (Lipinski definition) is 1. The van der Waals surface area contributed by atoms with Gasteiger partial charge in [-0.15, -0.1) is 0 Å². The van der Waals surface area contributed by atoms with Gasteiger partial charge in [-0.2, -0.15) is 0 Å². The van der Waals surface area contributed by atoms with E-state index in [0.717, 1.165) is 43.0 Å². The Morgan fingerprint density at radius 2 is 2.18 bits per heavy atom. The first-order chi connectivity index (χ1) is 10.8. The maximum Gasteiger partial charge on any atom is 0.250 e. The normalized spacial score (nSPS) is 23.1. The molecule has 120 valence electrons. The molecule has 0 bridgehead atoms. The zero-order valence-corrected chi connectivity index (χ0v) is 13.1. The number of hydrogen-bond acceptors (Lipinski definition) is 4. The highest BCUT2D eigenvalue weighted by Gasteiger charge is 2.46. The quantitative estimate of drug-likeness (QED) is 0.748. The van der Waals surface area contributed by atoms with Crippen LogP contribution in [0.15, 0.2) is 24.3 Å². The Hall–Kier alpha value is -1.59. The third-order valence-corrected chi connectivity index (χ3v) is 4.41. The molecule has 1 aliphatic carbocycles. The molecule has 5 nitrogen and oxygen atoms in total. The van der Waals surface area contributed by atoms with Gasteiger partial charge in [0.15, 0.2) is 0 Å². The van der Waals surface area contributed by atoms with Crippen LogP contribution in [0.25, 0.3) is 0 Å². The molecule has 1 aliphatic heterocycles. The summed E-state index contributed by atoms with van der Waals surface area (Å²) in [7, 11) is 1.50. The van der Waals surface area contributed by atoms with Crippen molar-refractivity contribution in [1.29, 1.82) is 0 Å². The smallest absolute Gasteiger partial charge is 0.250 e. The summed E-state index contributed by atoms with van der Waals surface area (Å²) in [6.07, 6.45) is 3.87. The predicted molar refractivity (Wildman–Crippen MR) is 85.1 cm³/mol. The number of amides is 1. The monoisotopic (exact) mass is 304 g/mol. The molecule has 5 heteroatoms. The van der Waals surface area contributed by atoms with Crippen molar-refractivity contribution < 1.29 is 14.3 Å². The highest BCUT2D eigenvalue weighted by atomic mass is 16.5. The molecule has 22 heavy (non-hydrogen) atoms. The lowest BCUT2D eigenvalue weighted by Crippen LogP contribution is -2.25. The molecular weight excluding hydrogens is 280 g/mol. The van der Waals surface area contributed by atoms with Crippen molar-refractivity contribution in [2.24, 2.45) is 5.92 Å². The van der Waals surface area contributed by atoms with Gasteiger partial charge >= 0.3 is 0 Å². The SMILES string of the molecule is COCC(=O)Nc1ccc(OCCCN2CC[C@H]3C[C@H]32)cc1. The fraction of sp³-hybridized carbons (Fsp3) is 0.588. The summed E-state index contributed by atoms with van der Waals surface area (Å²) in [4.78, 5) is 14.0. The fourth-order valence-electron chi connectivity index (χ4n) is 3.18. The average molecular weight is 304 g/mol. The Balaban J connectivity index is 1.34. The van der Waals surface area contributed by atoms with Crippen molar-refractivity contribution in [2.75, 3.05) is 38.7 Å². The number of carbonyl (C=O) groups is 1. The maximum atomic E-state index is 11.4. The predicted octanol–water partition coefficient (Wildman–Crippen LogP) is 2.13. The summed E-state index contributed by atoms with van der Waals surface area (Å²) in [6.45, 7) is 3.22. The van der Waals surface area contributed by atoms with E-state index >= 15 is 0 Å². The van der Waals surface area contributed by atoms with E-state index in [2.05, 4.69) is 10.2 Å². The number of rotatable bonds is 8. The minimum absolute atomic E-state index is 0.0661. The lowest BCUT2D eigenvalue weighted by molar-refractivity contribution is -0.119. The maximum absolute atomic E-state index is 11.4. The summed E-state index contributed by atoms with van der Waals surface area (Å²) in [5.74, 6) is 1.69. The second kappa shape index (κ2) is 7.11. The van der Waals surface area contributed by atoms with E-state index in [1.165, 1.54) is 26.5 Å². The number of nitrogens with zero attached hydrogens (tertiary/aromatic N) is 1. The first-order valence-corrected chi connectivity index (χ1v) is 8.02. The lowest BCUT2D eigenvalue weighted by atomic mass is 10.3. The van der Waals surface area contributed by atoms with Gasteiger partial charge in [-0.05, 0) is 56.0 Å². The van der Waals surface area contributed by atoms with Crippen LogP contribution in [-0.2, 0) is 9.53 Å². The second-order valence-electron chi connectivity index (χ2n) is 6.10. The molecule has 0 spiro atoms. The average Bonchev–Trinajstić information content (AvgIpc) is 3.19. The number of benzene rings is 1. The number of carbonyl (C=O) groups excluding carboxylic acids is 1. The number of nitrogens with one attached hydrogen (secondary N) is 1. The molecule has 2 atom stereocenters. The summed E-state index contributed by atoms with van der Waals surface area (Å²) >= 11 is 0. The second-order valence-corrected chi connectivity index (χ2v) is 6.10. The van der Waals surface area contributed by atoms with Crippen LogP contribution < -0.4 is 10.1 Å². The largest absolute Gasteiger partial charge is 0.494 e. The molecule has 3 rings (SSSR count). The molecule has 0 aromatic heterocycles. The van der Waals surface area contributed by atoms with E-state index in [0.29, 0.717) is 0 Å². The van der Waals surface area contributed by atoms with Gasteiger partial charge in [0, 0.05) is 25.4 Å². The lowest BCUT2D eigenvalue weighted by Gasteiger charge is -2.17. The van der Waals surface area contributed by atoms with Gasteiger partial charge in [0.1, 0.15) is 12.4 Å². The minimum atomic E-state index is -0.153. The third kappa shape index (κ3) is 3.99. The van der Waals surface area contributed by atoms with E-state index in [1.807, 2.05) is 24.3 Å². The molecule has 1 heterocycles. The zero-order chi connectivity index (χ0) is 15.4. The van der Waals surface area contributed by atoms with Gasteiger partial charge in [-0.25, -0.2) is 0 Å². The molecule has 1 amide bonds. The first-order valence-electron chi connectivity index (χ1n) is 8.02. The standard InChI is InChI=1S/C17H24N2O3/c1-21-12-17(20)18-14-3-5-15(6-4-14)22-10-2-8-19-9-7-13-11-16(13)19/h3-6,13,16H,2,7-12H2,1H3,(H,18,20)/t13-,16+/m0/s1. The highest BCUT2D eigenvalue weighted by molar-refractivity contribution is 5.91. The van der Waals surface area contributed by atoms with E-state index < -0.39 is 0 Å². The molecule has 1 aromatic rings. The van der Waals surface area contributed by atoms with Crippen LogP contribution in [0.3, 0.4) is 0 Å². The molecule has 2 aliphatic rings. The van der Waals surface area contributed by atoms with Gasteiger partial charge in [0.2, 0.25) is 5.91 Å². The Morgan fingerprint density at radius 3 is 2.82 bits per heavy atom. The topological polar surface area (TPSA) is 50.8 Å². The van der Waals surface area contributed by atoms with Crippen LogP contribution in [0.1, 0.15) is 19.3 Å². The number of piperidine rings is 1. The van der Waals surface area contributed by atoms with Crippen LogP contribution in [0, 0.1) is 5.92 Å². The van der Waals surface area contributed by atoms with Crippen LogP contribution >= 0.6 is 0 Å². The van der Waals surface area contributed by atoms with Crippen molar-refractivity contribution in [1.82, 2.24) is 4.90 Å². The number of ether oxygens (including phenoxy) is 2. The molecule has 1 N–H and O–H groups in total. The number of fused-ring (bicyclic) bond motifs is 1. The van der Waals surface area contributed by atoms with Gasteiger partial charge in [-0.1, -0.05) is 0 Å². The first kappa shape index (κ1) is 15.3. The van der Waals surface area contributed by atoms with E-state index in [4.69, 9.17) is 9.47 Å². The molecular formula is C17H24N2O3. The number of anilines is 1. The van der Waals surface area contributed by atoms with Crippen molar-refractivity contribution in [3.63, 3.8) is 0 Å². The summed E-state index contributed by atoms with van der Waals surface area (Å²) in [5.41, 5.74) is 0.756. The number of methoxy groups -OCH3 is 1. The Bertz CT molecular complexity index is 503. The van der Waals surface area contributed by atoms with Crippen molar-refractivity contribution in [3.05, 3.63) is 24.3 Å². The summed E-state index contributed by atoms with van der Waals surface area (Å²) < 4.78 is 10.5. The molecule has 2 fully saturated rings. The van der Waals surface area contributed by atoms with Crippen LogP contribution in [-0.4, -0.2) is 50.3 Å². The third-order valence-electron chi connectivity index (χ3n) is 4.41. The van der Waals surface area contributed by atoms with E-state index in [-0.39, 0.29) is 12.5 Å². The summed E-state index contributed by atoms with van der Waals surface area (Å²) in [6, 6.07) is 8.34. The molecule has 0 unspecified atom stereocenters. The Kier molecular flexibility index (Phi) is 4.95. The zero-order valence-electron chi connectivity index (χ0n) is 13.1. The van der Waals surface area contributed by atoms with E-state index in [9.17, 15) is 4.79 Å². The van der Waals surface area contributed by atoms with Gasteiger partial charge in [0.05, 0.1) is 6.61 Å². The fourth-order valence-corrected chi connectivity index (χ4v) is 3.18. The Labute approximate surface area is 131 Å². The molecule has 1 aromatic carbocycles. The summed E-state index contributed by atoms with van der Waals surface area (Å²) in [5, 5.41) is 2.76. The van der Waals surface area contributed by atoms with Gasteiger partial charge < -0.3 is 14.8 Å². The van der Waals surface area contributed by atoms with Crippen molar-refractivity contribution in [2.45, 2.75) is 25.3 Å². The van der Waals surface area contributed by atoms with E-state index in [1.54, 1.807) is 0 Å². The number of likely N-dealkylation sites (tertiary alicyclic amines) is 1. The van der Waals surface area contributed by atoms with Crippen molar-refractivity contribution >= 4 is 11.6 Å². The van der Waals surface area contributed by atoms with Crippen LogP contribution in [0.4, 0.5) is 5.69 Å². The molecule has 0 radical (unpaired) electrons. The van der Waals surface area contributed by atoms with Crippen LogP contribution in [0.2, 0.25) is 0 Å². The van der Waals surface area contributed by atoms with Crippen molar-refractivity contribution in [3.8, 4) is 5.75 Å². The highest BCUT2D eigenvalue weighted by Crippen LogP contribution is 2.44. The van der Waals surface area contributed by atoms with Gasteiger partial charge in [-0.3, -0.25) is 9.69 Å². The van der Waals surface area contributed by atoms with Crippen LogP contribution in [0.5, 0.6) is 5.75 Å².